The first-order valence-electron chi connectivity index (χ1n) is 6.30. The molecular weight excluding hydrogens is 233 g/mol. The lowest BCUT2D eigenvalue weighted by Gasteiger charge is -2.24. The summed E-state index contributed by atoms with van der Waals surface area (Å²) in [5.41, 5.74) is 6.16. The molecule has 2 N–H and O–H groups in total. The van der Waals surface area contributed by atoms with Crippen molar-refractivity contribution in [3.05, 3.63) is 29.6 Å². The van der Waals surface area contributed by atoms with E-state index >= 15 is 0 Å². The van der Waals surface area contributed by atoms with Crippen molar-refractivity contribution in [2.24, 2.45) is 5.73 Å². The van der Waals surface area contributed by atoms with E-state index in [0.29, 0.717) is 19.0 Å². The molecule has 0 amide bonds. The number of rotatable bonds is 3. The van der Waals surface area contributed by atoms with Gasteiger partial charge in [0.15, 0.2) is 11.6 Å². The summed E-state index contributed by atoms with van der Waals surface area (Å²) < 4.78 is 24.8. The first kappa shape index (κ1) is 13.3. The molecule has 0 aromatic heterocycles. The maximum absolute atomic E-state index is 13.9. The van der Waals surface area contributed by atoms with Gasteiger partial charge in [-0.3, -0.25) is 0 Å². The van der Waals surface area contributed by atoms with Crippen molar-refractivity contribution in [2.45, 2.75) is 38.3 Å². The lowest BCUT2D eigenvalue weighted by Crippen LogP contribution is -2.29. The minimum absolute atomic E-state index is 0.0463. The summed E-state index contributed by atoms with van der Waals surface area (Å²) in [6.07, 6.45) is 1.66. The highest BCUT2D eigenvalue weighted by Crippen LogP contribution is 2.26. The third-order valence-corrected chi connectivity index (χ3v) is 3.14. The molecule has 18 heavy (non-hydrogen) atoms. The minimum Gasteiger partial charge on any atom is -0.487 e. The molecule has 0 aliphatic carbocycles. The molecule has 1 aliphatic heterocycles. The molecule has 1 saturated heterocycles. The summed E-state index contributed by atoms with van der Waals surface area (Å²) in [6.45, 7) is 5.06. The predicted molar refractivity (Wildman–Crippen MR) is 68.1 cm³/mol. The van der Waals surface area contributed by atoms with Crippen LogP contribution in [0.5, 0.6) is 5.75 Å². The van der Waals surface area contributed by atoms with Crippen molar-refractivity contribution in [1.82, 2.24) is 0 Å². The van der Waals surface area contributed by atoms with E-state index in [1.54, 1.807) is 6.07 Å². The third kappa shape index (κ3) is 3.21. The Balaban J connectivity index is 2.09. The fourth-order valence-corrected chi connectivity index (χ4v) is 1.97. The van der Waals surface area contributed by atoms with Gasteiger partial charge in [-0.15, -0.1) is 0 Å². The van der Waals surface area contributed by atoms with E-state index in [1.165, 1.54) is 6.07 Å². The highest BCUT2D eigenvalue weighted by molar-refractivity contribution is 5.32. The predicted octanol–water partition coefficient (Wildman–Crippen LogP) is 2.58. The molecule has 2 rings (SSSR count). The lowest BCUT2D eigenvalue weighted by atomic mass is 9.95. The van der Waals surface area contributed by atoms with Gasteiger partial charge >= 0.3 is 0 Å². The molecule has 0 saturated carbocycles. The molecule has 0 atom stereocenters. The fraction of sp³-hybridized carbons (Fsp3) is 0.571. The molecule has 4 heteroatoms. The van der Waals surface area contributed by atoms with Crippen molar-refractivity contribution in [1.29, 1.82) is 0 Å². The summed E-state index contributed by atoms with van der Waals surface area (Å²) in [6, 6.07) is 4.93. The van der Waals surface area contributed by atoms with E-state index in [-0.39, 0.29) is 11.9 Å². The number of halogens is 1. The zero-order valence-electron chi connectivity index (χ0n) is 10.9. The standard InChI is InChI=1S/C14H20FNO2/c1-14(2,16)10-3-4-13(12(15)9-10)18-11-5-7-17-8-6-11/h3-4,9,11H,5-8,16H2,1-2H3. The normalized spacial score (nSPS) is 17.8. The first-order valence-corrected chi connectivity index (χ1v) is 6.30. The molecule has 0 radical (unpaired) electrons. The van der Waals surface area contributed by atoms with Gasteiger partial charge in [0.05, 0.1) is 13.2 Å². The van der Waals surface area contributed by atoms with Crippen molar-refractivity contribution in [3.63, 3.8) is 0 Å². The van der Waals surface area contributed by atoms with E-state index in [1.807, 2.05) is 19.9 Å². The van der Waals surface area contributed by atoms with E-state index in [4.69, 9.17) is 15.2 Å². The van der Waals surface area contributed by atoms with Gasteiger partial charge < -0.3 is 15.2 Å². The van der Waals surface area contributed by atoms with Gasteiger partial charge in [0.1, 0.15) is 6.10 Å². The molecule has 0 bridgehead atoms. The smallest absolute Gasteiger partial charge is 0.165 e. The van der Waals surface area contributed by atoms with Crippen LogP contribution in [0.3, 0.4) is 0 Å². The molecule has 1 heterocycles. The van der Waals surface area contributed by atoms with E-state index < -0.39 is 5.54 Å². The second kappa shape index (κ2) is 5.24. The highest BCUT2D eigenvalue weighted by atomic mass is 19.1. The Morgan fingerprint density at radius 3 is 2.56 bits per heavy atom. The molecule has 0 spiro atoms. The van der Waals surface area contributed by atoms with Crippen LogP contribution in [-0.2, 0) is 10.3 Å². The van der Waals surface area contributed by atoms with Crippen LogP contribution < -0.4 is 10.5 Å². The summed E-state index contributed by atoms with van der Waals surface area (Å²) in [4.78, 5) is 0. The van der Waals surface area contributed by atoms with Crippen molar-refractivity contribution < 1.29 is 13.9 Å². The maximum Gasteiger partial charge on any atom is 0.165 e. The van der Waals surface area contributed by atoms with Crippen LogP contribution in [0.25, 0.3) is 0 Å². The zero-order valence-corrected chi connectivity index (χ0v) is 10.9. The van der Waals surface area contributed by atoms with Gasteiger partial charge in [0.25, 0.3) is 0 Å². The summed E-state index contributed by atoms with van der Waals surface area (Å²) in [5.74, 6) is -0.0487. The van der Waals surface area contributed by atoms with Crippen LogP contribution in [0.2, 0.25) is 0 Å². The van der Waals surface area contributed by atoms with Gasteiger partial charge in [-0.05, 0) is 31.5 Å². The van der Waals surface area contributed by atoms with E-state index in [9.17, 15) is 4.39 Å². The van der Waals surface area contributed by atoms with Crippen molar-refractivity contribution in [3.8, 4) is 5.75 Å². The van der Waals surface area contributed by atoms with Crippen molar-refractivity contribution >= 4 is 0 Å². The Labute approximate surface area is 107 Å². The van der Waals surface area contributed by atoms with E-state index in [0.717, 1.165) is 18.4 Å². The lowest BCUT2D eigenvalue weighted by molar-refractivity contribution is 0.0240. The average Bonchev–Trinajstić information content (AvgIpc) is 2.32. The highest BCUT2D eigenvalue weighted by Gasteiger charge is 2.19. The Morgan fingerprint density at radius 1 is 1.33 bits per heavy atom. The number of benzene rings is 1. The first-order chi connectivity index (χ1) is 8.47. The Kier molecular flexibility index (Phi) is 3.88. The second-order valence-corrected chi connectivity index (χ2v) is 5.30. The quantitative estimate of drug-likeness (QED) is 0.900. The second-order valence-electron chi connectivity index (χ2n) is 5.30. The Hall–Kier alpha value is -1.13. The molecule has 0 unspecified atom stereocenters. The van der Waals surface area contributed by atoms with E-state index in [2.05, 4.69) is 0 Å². The maximum atomic E-state index is 13.9. The van der Waals surface area contributed by atoms with Crippen LogP contribution >= 0.6 is 0 Å². The number of hydrogen-bond donors (Lipinski definition) is 1. The number of hydrogen-bond acceptors (Lipinski definition) is 3. The van der Waals surface area contributed by atoms with Gasteiger partial charge in [-0.25, -0.2) is 4.39 Å². The molecule has 1 aliphatic rings. The Bertz CT molecular complexity index is 409. The molecule has 100 valence electrons. The van der Waals surface area contributed by atoms with Gasteiger partial charge in [-0.1, -0.05) is 6.07 Å². The number of nitrogens with two attached hydrogens (primary N) is 1. The van der Waals surface area contributed by atoms with Gasteiger partial charge in [0, 0.05) is 18.4 Å². The topological polar surface area (TPSA) is 44.5 Å². The monoisotopic (exact) mass is 253 g/mol. The van der Waals surface area contributed by atoms with Gasteiger partial charge in [0.2, 0.25) is 0 Å². The van der Waals surface area contributed by atoms with Gasteiger partial charge in [-0.2, -0.15) is 0 Å². The van der Waals surface area contributed by atoms with Crippen LogP contribution in [0, 0.1) is 5.82 Å². The van der Waals surface area contributed by atoms with Crippen LogP contribution in [0.1, 0.15) is 32.3 Å². The van der Waals surface area contributed by atoms with Crippen LogP contribution in [0.4, 0.5) is 4.39 Å². The largest absolute Gasteiger partial charge is 0.487 e. The number of ether oxygens (including phenoxy) is 2. The third-order valence-electron chi connectivity index (χ3n) is 3.14. The molecule has 1 aromatic rings. The summed E-state index contributed by atoms with van der Waals surface area (Å²) in [5, 5.41) is 0. The SMILES string of the molecule is CC(C)(N)c1ccc(OC2CCOCC2)c(F)c1. The summed E-state index contributed by atoms with van der Waals surface area (Å²) in [7, 11) is 0. The molecular formula is C14H20FNO2. The summed E-state index contributed by atoms with van der Waals surface area (Å²) >= 11 is 0. The molecule has 1 fully saturated rings. The van der Waals surface area contributed by atoms with Crippen LogP contribution in [0.15, 0.2) is 18.2 Å². The zero-order chi connectivity index (χ0) is 13.2. The Morgan fingerprint density at radius 2 is 2.00 bits per heavy atom. The molecule has 3 nitrogen and oxygen atoms in total. The van der Waals surface area contributed by atoms with Crippen LogP contribution in [-0.4, -0.2) is 19.3 Å². The molecule has 1 aromatic carbocycles. The fourth-order valence-electron chi connectivity index (χ4n) is 1.97. The minimum atomic E-state index is -0.544. The average molecular weight is 253 g/mol. The van der Waals surface area contributed by atoms with Crippen molar-refractivity contribution in [2.75, 3.05) is 13.2 Å².